The van der Waals surface area contributed by atoms with Crippen LogP contribution in [0, 0.1) is 13.8 Å². The SMILES string of the molecule is CCCCCCOc1ccc(C2c3c(-c4cc(C)cc(C)c4O)n[nH]c3C(=O)N2Cc2ccco2)cc1OC. The van der Waals surface area contributed by atoms with Gasteiger partial charge in [-0.3, -0.25) is 9.89 Å². The Morgan fingerprint density at radius 2 is 1.95 bits per heavy atom. The van der Waals surface area contributed by atoms with Gasteiger partial charge in [-0.15, -0.1) is 0 Å². The molecule has 3 heterocycles. The molecule has 4 aromatic rings. The first-order chi connectivity index (χ1) is 18.9. The quantitative estimate of drug-likeness (QED) is 0.210. The predicted molar refractivity (Wildman–Crippen MR) is 148 cm³/mol. The van der Waals surface area contributed by atoms with Crippen LogP contribution >= 0.6 is 0 Å². The van der Waals surface area contributed by atoms with Crippen LogP contribution in [0.3, 0.4) is 0 Å². The second-order valence-corrected chi connectivity index (χ2v) is 10.1. The summed E-state index contributed by atoms with van der Waals surface area (Å²) in [7, 11) is 1.62. The number of H-pyrrole nitrogens is 1. The number of methoxy groups -OCH3 is 1. The summed E-state index contributed by atoms with van der Waals surface area (Å²) in [4.78, 5) is 15.5. The highest BCUT2D eigenvalue weighted by atomic mass is 16.5. The highest BCUT2D eigenvalue weighted by Gasteiger charge is 2.43. The molecule has 0 spiro atoms. The summed E-state index contributed by atoms with van der Waals surface area (Å²) >= 11 is 0. The molecule has 0 radical (unpaired) electrons. The Morgan fingerprint density at radius 1 is 1.10 bits per heavy atom. The van der Waals surface area contributed by atoms with E-state index in [9.17, 15) is 9.90 Å². The van der Waals surface area contributed by atoms with Crippen LogP contribution in [0.5, 0.6) is 17.2 Å². The fourth-order valence-electron chi connectivity index (χ4n) is 5.31. The standard InChI is InChI=1S/C31H35N3O5/c1-5-6-7-8-13-39-24-12-11-21(17-25(24)37-4)29-26-27(23-16-19(2)15-20(3)30(23)35)32-33-28(26)31(36)34(29)18-22-10-9-14-38-22/h9-12,14-17,29,35H,5-8,13,18H2,1-4H3,(H,32,33). The number of furan rings is 1. The summed E-state index contributed by atoms with van der Waals surface area (Å²) in [5.74, 6) is 1.89. The molecule has 204 valence electrons. The number of phenols is 1. The largest absolute Gasteiger partial charge is 0.507 e. The van der Waals surface area contributed by atoms with E-state index in [4.69, 9.17) is 13.9 Å². The monoisotopic (exact) mass is 529 g/mol. The van der Waals surface area contributed by atoms with Crippen molar-refractivity contribution in [3.8, 4) is 28.5 Å². The first-order valence-electron chi connectivity index (χ1n) is 13.5. The van der Waals surface area contributed by atoms with E-state index in [1.165, 1.54) is 12.8 Å². The van der Waals surface area contributed by atoms with Crippen LogP contribution < -0.4 is 9.47 Å². The summed E-state index contributed by atoms with van der Waals surface area (Å²) in [5, 5.41) is 18.4. The molecular weight excluding hydrogens is 494 g/mol. The molecular formula is C31H35N3O5. The Morgan fingerprint density at radius 3 is 2.69 bits per heavy atom. The number of hydrogen-bond donors (Lipinski definition) is 2. The lowest BCUT2D eigenvalue weighted by Crippen LogP contribution is -2.29. The number of amides is 1. The molecule has 0 fully saturated rings. The number of phenolic OH excluding ortho intramolecular Hbond substituents is 1. The van der Waals surface area contributed by atoms with Gasteiger partial charge in [0.05, 0.1) is 32.6 Å². The lowest BCUT2D eigenvalue weighted by Gasteiger charge is -2.26. The molecule has 0 saturated carbocycles. The number of ether oxygens (including phenoxy) is 2. The van der Waals surface area contributed by atoms with Crippen molar-refractivity contribution < 1.29 is 23.8 Å². The molecule has 1 unspecified atom stereocenters. The van der Waals surface area contributed by atoms with Crippen molar-refractivity contribution in [1.82, 2.24) is 15.1 Å². The summed E-state index contributed by atoms with van der Waals surface area (Å²) in [5.41, 5.74) is 4.82. The molecule has 8 nitrogen and oxygen atoms in total. The van der Waals surface area contributed by atoms with Crippen molar-refractivity contribution in [2.75, 3.05) is 13.7 Å². The minimum atomic E-state index is -0.487. The summed E-state index contributed by atoms with van der Waals surface area (Å²) < 4.78 is 17.4. The van der Waals surface area contributed by atoms with E-state index in [0.717, 1.165) is 29.5 Å². The fraction of sp³-hybridized carbons (Fsp3) is 0.355. The minimum Gasteiger partial charge on any atom is -0.507 e. The normalized spacial score (nSPS) is 14.6. The minimum absolute atomic E-state index is 0.148. The predicted octanol–water partition coefficient (Wildman–Crippen LogP) is 6.71. The summed E-state index contributed by atoms with van der Waals surface area (Å²) in [6.07, 6.45) is 6.06. The van der Waals surface area contributed by atoms with Crippen LogP contribution in [-0.2, 0) is 6.54 Å². The van der Waals surface area contributed by atoms with Gasteiger partial charge in [0.25, 0.3) is 5.91 Å². The third-order valence-corrected chi connectivity index (χ3v) is 7.23. The molecule has 0 bridgehead atoms. The lowest BCUT2D eigenvalue weighted by atomic mass is 9.94. The average Bonchev–Trinajstić information content (AvgIpc) is 3.66. The molecule has 1 atom stereocenters. The van der Waals surface area contributed by atoms with Gasteiger partial charge >= 0.3 is 0 Å². The number of unbranched alkanes of at least 4 members (excludes halogenated alkanes) is 3. The third kappa shape index (κ3) is 5.11. The average molecular weight is 530 g/mol. The topological polar surface area (TPSA) is 101 Å². The number of nitrogens with one attached hydrogen (secondary N) is 1. The number of aryl methyl sites for hydroxylation is 2. The number of fused-ring (bicyclic) bond motifs is 1. The van der Waals surface area contributed by atoms with Crippen molar-refractivity contribution in [3.63, 3.8) is 0 Å². The number of benzene rings is 2. The second-order valence-electron chi connectivity index (χ2n) is 10.1. The van der Waals surface area contributed by atoms with Gasteiger partial charge < -0.3 is 23.9 Å². The smallest absolute Gasteiger partial charge is 0.273 e. The molecule has 39 heavy (non-hydrogen) atoms. The Kier molecular flexibility index (Phi) is 7.63. The third-order valence-electron chi connectivity index (χ3n) is 7.23. The molecule has 2 aromatic carbocycles. The number of hydrogen-bond acceptors (Lipinski definition) is 6. The highest BCUT2D eigenvalue weighted by molar-refractivity contribution is 6.00. The summed E-state index contributed by atoms with van der Waals surface area (Å²) in [6, 6.07) is 12.8. The summed E-state index contributed by atoms with van der Waals surface area (Å²) in [6.45, 7) is 6.90. The first-order valence-corrected chi connectivity index (χ1v) is 13.5. The molecule has 0 aliphatic carbocycles. The molecule has 0 saturated heterocycles. The van der Waals surface area contributed by atoms with E-state index in [1.807, 2.05) is 50.2 Å². The van der Waals surface area contributed by atoms with E-state index >= 15 is 0 Å². The van der Waals surface area contributed by atoms with E-state index < -0.39 is 6.04 Å². The Balaban J connectivity index is 1.57. The van der Waals surface area contributed by atoms with Crippen LogP contribution in [0.25, 0.3) is 11.3 Å². The van der Waals surface area contributed by atoms with Crippen molar-refractivity contribution in [3.05, 3.63) is 82.4 Å². The zero-order chi connectivity index (χ0) is 27.5. The van der Waals surface area contributed by atoms with Crippen molar-refractivity contribution >= 4 is 5.91 Å². The molecule has 2 N–H and O–H groups in total. The van der Waals surface area contributed by atoms with E-state index in [2.05, 4.69) is 17.1 Å². The number of aromatic nitrogens is 2. The zero-order valence-corrected chi connectivity index (χ0v) is 22.9. The molecule has 8 heteroatoms. The number of aromatic hydroxyl groups is 1. The Hall–Kier alpha value is -4.20. The van der Waals surface area contributed by atoms with Crippen molar-refractivity contribution in [2.24, 2.45) is 0 Å². The molecule has 1 amide bonds. The van der Waals surface area contributed by atoms with Crippen LogP contribution in [-0.4, -0.2) is 39.8 Å². The molecule has 2 aromatic heterocycles. The van der Waals surface area contributed by atoms with Gasteiger partial charge in [0.2, 0.25) is 0 Å². The van der Waals surface area contributed by atoms with E-state index in [-0.39, 0.29) is 18.2 Å². The second kappa shape index (κ2) is 11.3. The molecule has 5 rings (SSSR count). The van der Waals surface area contributed by atoms with Gasteiger partial charge in [0.15, 0.2) is 11.5 Å². The fourth-order valence-corrected chi connectivity index (χ4v) is 5.31. The van der Waals surface area contributed by atoms with Crippen molar-refractivity contribution in [1.29, 1.82) is 0 Å². The van der Waals surface area contributed by atoms with Gasteiger partial charge in [-0.25, -0.2) is 0 Å². The number of carbonyl (C=O) groups excluding carboxylic acids is 1. The number of nitrogens with zero attached hydrogens (tertiary/aromatic N) is 2. The van der Waals surface area contributed by atoms with Gasteiger partial charge in [-0.2, -0.15) is 5.10 Å². The van der Waals surface area contributed by atoms with Gasteiger partial charge in [-0.1, -0.05) is 38.3 Å². The van der Waals surface area contributed by atoms with Crippen LogP contribution in [0.15, 0.2) is 53.1 Å². The Bertz CT molecular complexity index is 1460. The van der Waals surface area contributed by atoms with Crippen LogP contribution in [0.2, 0.25) is 0 Å². The number of rotatable bonds is 11. The maximum atomic E-state index is 13.7. The van der Waals surface area contributed by atoms with Gasteiger partial charge in [0.1, 0.15) is 22.9 Å². The molecule has 1 aliphatic heterocycles. The zero-order valence-electron chi connectivity index (χ0n) is 22.9. The van der Waals surface area contributed by atoms with Crippen molar-refractivity contribution in [2.45, 2.75) is 59.0 Å². The lowest BCUT2D eigenvalue weighted by molar-refractivity contribution is 0.0716. The van der Waals surface area contributed by atoms with Gasteiger partial charge in [0, 0.05) is 11.1 Å². The van der Waals surface area contributed by atoms with Gasteiger partial charge in [-0.05, 0) is 67.3 Å². The first kappa shape index (κ1) is 26.4. The maximum absolute atomic E-state index is 13.7. The Labute approximate surface area is 228 Å². The van der Waals surface area contributed by atoms with Crippen LogP contribution in [0.4, 0.5) is 0 Å². The number of carbonyl (C=O) groups is 1. The number of aromatic amines is 1. The van der Waals surface area contributed by atoms with E-state index in [0.29, 0.717) is 46.4 Å². The maximum Gasteiger partial charge on any atom is 0.273 e. The van der Waals surface area contributed by atoms with Crippen LogP contribution in [0.1, 0.15) is 77.2 Å². The highest BCUT2D eigenvalue weighted by Crippen LogP contribution is 2.47. The molecule has 1 aliphatic rings. The van der Waals surface area contributed by atoms with E-state index in [1.54, 1.807) is 24.3 Å².